The van der Waals surface area contributed by atoms with Gasteiger partial charge in [-0.1, -0.05) is 84.4 Å². The molecule has 2 amide bonds. The van der Waals surface area contributed by atoms with Crippen LogP contribution in [0.15, 0.2) is 78.9 Å². The van der Waals surface area contributed by atoms with E-state index in [1.54, 1.807) is 4.90 Å². The highest BCUT2D eigenvalue weighted by atomic mass is 35.5. The van der Waals surface area contributed by atoms with Crippen LogP contribution in [0.25, 0.3) is 11.1 Å². The molecule has 4 nitrogen and oxygen atoms in total. The lowest BCUT2D eigenvalue weighted by Crippen LogP contribution is -2.57. The average Bonchev–Trinajstić information content (AvgIpc) is 2.80. The predicted octanol–water partition coefficient (Wildman–Crippen LogP) is 5.42. The second kappa shape index (κ2) is 10.2. The summed E-state index contributed by atoms with van der Waals surface area (Å²) in [5, 5.41) is 0.769. The normalized spacial score (nSPS) is 16.7. The van der Waals surface area contributed by atoms with Crippen molar-refractivity contribution in [3.63, 3.8) is 0 Å². The highest BCUT2D eigenvalue weighted by Gasteiger charge is 2.31. The first kappa shape index (κ1) is 22.4. The molecule has 166 valence electrons. The van der Waals surface area contributed by atoms with E-state index in [2.05, 4.69) is 53.4 Å². The minimum Gasteiger partial charge on any atom is -0.331 e. The van der Waals surface area contributed by atoms with Crippen LogP contribution in [0.2, 0.25) is 5.02 Å². The Kier molecular flexibility index (Phi) is 7.13. The Morgan fingerprint density at radius 3 is 2.28 bits per heavy atom. The van der Waals surface area contributed by atoms with Crippen LogP contribution in [0.4, 0.5) is 4.79 Å². The molecule has 1 heterocycles. The molecule has 3 aromatic carbocycles. The van der Waals surface area contributed by atoms with E-state index in [0.29, 0.717) is 0 Å². The maximum Gasteiger partial charge on any atom is 0.319 e. The zero-order valence-corrected chi connectivity index (χ0v) is 19.5. The summed E-state index contributed by atoms with van der Waals surface area (Å²) in [5.41, 5.74) is 4.72. The average molecular weight is 448 g/mol. The van der Waals surface area contributed by atoms with E-state index in [-0.39, 0.29) is 12.1 Å². The van der Waals surface area contributed by atoms with E-state index in [1.807, 2.05) is 49.3 Å². The Balaban J connectivity index is 1.46. The molecule has 5 heteroatoms. The molecule has 0 spiro atoms. The quantitative estimate of drug-likeness (QED) is 0.522. The van der Waals surface area contributed by atoms with Crippen molar-refractivity contribution in [2.24, 2.45) is 0 Å². The lowest BCUT2D eigenvalue weighted by Gasteiger charge is -2.42. The topological polar surface area (TPSA) is 26.8 Å². The van der Waals surface area contributed by atoms with Gasteiger partial charge in [-0.2, -0.15) is 0 Å². The number of piperazine rings is 1. The van der Waals surface area contributed by atoms with Crippen LogP contribution in [0.1, 0.15) is 11.1 Å². The summed E-state index contributed by atoms with van der Waals surface area (Å²) in [6.45, 7) is 3.35. The minimum atomic E-state index is 0.0923. The Morgan fingerprint density at radius 2 is 1.59 bits per heavy atom. The molecule has 0 saturated carbocycles. The van der Waals surface area contributed by atoms with Gasteiger partial charge in [-0.15, -0.1) is 0 Å². The highest BCUT2D eigenvalue weighted by molar-refractivity contribution is 6.33. The first-order valence-electron chi connectivity index (χ1n) is 11.1. The molecule has 0 N–H and O–H groups in total. The number of nitrogens with zero attached hydrogens (tertiary/aromatic N) is 3. The van der Waals surface area contributed by atoms with E-state index in [1.165, 1.54) is 11.1 Å². The van der Waals surface area contributed by atoms with Crippen molar-refractivity contribution in [1.82, 2.24) is 14.7 Å². The van der Waals surface area contributed by atoms with Crippen LogP contribution in [-0.2, 0) is 13.0 Å². The summed E-state index contributed by atoms with van der Waals surface area (Å²) >= 11 is 6.35. The Morgan fingerprint density at radius 1 is 0.906 bits per heavy atom. The lowest BCUT2D eigenvalue weighted by molar-refractivity contribution is 0.0779. The number of amides is 2. The summed E-state index contributed by atoms with van der Waals surface area (Å²) in [6, 6.07) is 27.3. The second-order valence-electron chi connectivity index (χ2n) is 8.63. The van der Waals surface area contributed by atoms with Crippen molar-refractivity contribution >= 4 is 17.6 Å². The van der Waals surface area contributed by atoms with Crippen molar-refractivity contribution in [2.75, 3.05) is 33.7 Å². The van der Waals surface area contributed by atoms with Crippen LogP contribution in [-0.4, -0.2) is 60.5 Å². The Hall–Kier alpha value is -2.82. The maximum absolute atomic E-state index is 12.8. The number of carbonyl (C=O) groups is 1. The van der Waals surface area contributed by atoms with Gasteiger partial charge >= 0.3 is 6.03 Å². The maximum atomic E-state index is 12.8. The minimum absolute atomic E-state index is 0.0923. The molecule has 0 radical (unpaired) electrons. The van der Waals surface area contributed by atoms with Crippen LogP contribution in [0.5, 0.6) is 0 Å². The molecule has 32 heavy (non-hydrogen) atoms. The standard InChI is InChI=1S/C27H30ClN3O/c1-29(2)27(32)31-17-16-30(20-24(31)18-21-8-4-3-5-9-21)19-22-12-14-23(15-13-22)25-10-6-7-11-26(25)28/h3-15,24H,16-20H2,1-2H3. The highest BCUT2D eigenvalue weighted by Crippen LogP contribution is 2.28. The first-order valence-corrected chi connectivity index (χ1v) is 11.5. The molecule has 1 saturated heterocycles. The molecule has 1 aliphatic heterocycles. The van der Waals surface area contributed by atoms with E-state index in [4.69, 9.17) is 11.6 Å². The number of urea groups is 1. The fraction of sp³-hybridized carbons (Fsp3) is 0.296. The molecule has 3 aromatic rings. The summed E-state index contributed by atoms with van der Waals surface area (Å²) in [5.74, 6) is 0. The molecule has 1 unspecified atom stereocenters. The van der Waals surface area contributed by atoms with Crippen molar-refractivity contribution in [1.29, 1.82) is 0 Å². The number of benzene rings is 3. The van der Waals surface area contributed by atoms with Gasteiger partial charge < -0.3 is 9.80 Å². The molecule has 0 bridgehead atoms. The van der Waals surface area contributed by atoms with Gasteiger partial charge in [0.2, 0.25) is 0 Å². The van der Waals surface area contributed by atoms with Crippen molar-refractivity contribution < 1.29 is 4.79 Å². The second-order valence-corrected chi connectivity index (χ2v) is 9.03. The van der Waals surface area contributed by atoms with Crippen LogP contribution >= 0.6 is 11.6 Å². The van der Waals surface area contributed by atoms with Crippen LogP contribution in [0.3, 0.4) is 0 Å². The number of hydrogen-bond acceptors (Lipinski definition) is 2. The van der Waals surface area contributed by atoms with Gasteiger partial charge in [-0.05, 0) is 29.2 Å². The fourth-order valence-electron chi connectivity index (χ4n) is 4.38. The Bertz CT molecular complexity index is 1040. The molecule has 1 aliphatic rings. The van der Waals surface area contributed by atoms with E-state index in [9.17, 15) is 4.79 Å². The third kappa shape index (κ3) is 5.32. The predicted molar refractivity (Wildman–Crippen MR) is 132 cm³/mol. The van der Waals surface area contributed by atoms with Gasteiger partial charge in [0.05, 0.1) is 6.04 Å². The molecule has 0 aliphatic carbocycles. The molecule has 0 aromatic heterocycles. The van der Waals surface area contributed by atoms with Gasteiger partial charge in [0, 0.05) is 50.9 Å². The zero-order chi connectivity index (χ0) is 22.5. The summed E-state index contributed by atoms with van der Waals surface area (Å²) < 4.78 is 0. The third-order valence-electron chi connectivity index (χ3n) is 6.05. The lowest BCUT2D eigenvalue weighted by atomic mass is 10.0. The molecular weight excluding hydrogens is 418 g/mol. The number of hydrogen-bond donors (Lipinski definition) is 0. The Labute approximate surface area is 196 Å². The largest absolute Gasteiger partial charge is 0.331 e. The van der Waals surface area contributed by atoms with Gasteiger partial charge in [0.1, 0.15) is 0 Å². The van der Waals surface area contributed by atoms with E-state index < -0.39 is 0 Å². The number of rotatable bonds is 5. The zero-order valence-electron chi connectivity index (χ0n) is 18.7. The van der Waals surface area contributed by atoms with E-state index >= 15 is 0 Å². The van der Waals surface area contributed by atoms with Gasteiger partial charge in [0.25, 0.3) is 0 Å². The fourth-order valence-corrected chi connectivity index (χ4v) is 4.62. The summed E-state index contributed by atoms with van der Waals surface area (Å²) in [6.07, 6.45) is 0.863. The van der Waals surface area contributed by atoms with E-state index in [0.717, 1.165) is 48.7 Å². The number of halogens is 1. The SMILES string of the molecule is CN(C)C(=O)N1CCN(Cc2ccc(-c3ccccc3Cl)cc2)CC1Cc1ccccc1. The van der Waals surface area contributed by atoms with Gasteiger partial charge in [-0.25, -0.2) is 4.79 Å². The molecule has 4 rings (SSSR count). The smallest absolute Gasteiger partial charge is 0.319 e. The van der Waals surface area contributed by atoms with Crippen molar-refractivity contribution in [3.8, 4) is 11.1 Å². The van der Waals surface area contributed by atoms with Gasteiger partial charge in [-0.3, -0.25) is 4.90 Å². The monoisotopic (exact) mass is 447 g/mol. The van der Waals surface area contributed by atoms with Crippen molar-refractivity contribution in [2.45, 2.75) is 19.0 Å². The van der Waals surface area contributed by atoms with Crippen LogP contribution in [0, 0.1) is 0 Å². The van der Waals surface area contributed by atoms with Crippen molar-refractivity contribution in [3.05, 3.63) is 95.0 Å². The molecule has 1 fully saturated rings. The van der Waals surface area contributed by atoms with Gasteiger partial charge in [0.15, 0.2) is 0 Å². The molecule has 1 atom stereocenters. The van der Waals surface area contributed by atoms with Crippen LogP contribution < -0.4 is 0 Å². The third-order valence-corrected chi connectivity index (χ3v) is 6.38. The first-order chi connectivity index (χ1) is 15.5. The number of carbonyl (C=O) groups excluding carboxylic acids is 1. The summed E-state index contributed by atoms with van der Waals surface area (Å²) in [4.78, 5) is 19.0. The summed E-state index contributed by atoms with van der Waals surface area (Å²) in [7, 11) is 3.66. The molecular formula is C27H30ClN3O.